The molecule has 0 nitrogen and oxygen atoms in total. The molecule has 0 aromatic heterocycles. The van der Waals surface area contributed by atoms with Crippen LogP contribution >= 0.6 is 0 Å². The van der Waals surface area contributed by atoms with Gasteiger partial charge in [0.25, 0.3) is 0 Å². The van der Waals surface area contributed by atoms with Gasteiger partial charge in [-0.3, -0.25) is 0 Å². The summed E-state index contributed by atoms with van der Waals surface area (Å²) in [4.78, 5) is 0. The molecule has 0 saturated heterocycles. The monoisotopic (exact) mass is 212 g/mol. The SMILES string of the molecule is CCCCCCCCc1ccccc1.[CH3-].[Li+]. The van der Waals surface area contributed by atoms with Crippen molar-refractivity contribution in [3.05, 3.63) is 43.3 Å². The molecule has 0 saturated carbocycles. The maximum Gasteiger partial charge on any atom is 1.00 e. The molecule has 0 atom stereocenters. The van der Waals surface area contributed by atoms with Crippen molar-refractivity contribution < 1.29 is 18.9 Å². The van der Waals surface area contributed by atoms with Crippen molar-refractivity contribution in [2.45, 2.75) is 51.9 Å². The molecular formula is C15H25Li. The van der Waals surface area contributed by atoms with Crippen LogP contribution in [-0.4, -0.2) is 0 Å². The molecule has 0 amide bonds. The van der Waals surface area contributed by atoms with E-state index in [2.05, 4.69) is 37.3 Å². The maximum atomic E-state index is 2.27. The molecule has 0 aliphatic carbocycles. The van der Waals surface area contributed by atoms with E-state index in [1.807, 2.05) is 0 Å². The van der Waals surface area contributed by atoms with E-state index in [9.17, 15) is 0 Å². The first-order chi connectivity index (χ1) is 6.93. The minimum atomic E-state index is 0. The van der Waals surface area contributed by atoms with Gasteiger partial charge >= 0.3 is 18.9 Å². The molecule has 0 aliphatic heterocycles. The van der Waals surface area contributed by atoms with Crippen LogP contribution in [0.25, 0.3) is 0 Å². The summed E-state index contributed by atoms with van der Waals surface area (Å²) in [5, 5.41) is 0. The first-order valence-corrected chi connectivity index (χ1v) is 5.97. The Morgan fingerprint density at radius 1 is 0.812 bits per heavy atom. The average Bonchev–Trinajstić information content (AvgIpc) is 2.25. The van der Waals surface area contributed by atoms with E-state index < -0.39 is 0 Å². The van der Waals surface area contributed by atoms with Crippen molar-refractivity contribution in [3.63, 3.8) is 0 Å². The molecule has 1 rings (SSSR count). The Kier molecular flexibility index (Phi) is 14.6. The van der Waals surface area contributed by atoms with Crippen LogP contribution in [0.2, 0.25) is 0 Å². The Hall–Kier alpha value is -0.183. The van der Waals surface area contributed by atoms with Gasteiger partial charge in [-0.05, 0) is 18.4 Å². The van der Waals surface area contributed by atoms with Crippen molar-refractivity contribution in [1.29, 1.82) is 0 Å². The molecule has 0 fully saturated rings. The second-order valence-corrected chi connectivity index (χ2v) is 4.00. The molecule has 16 heavy (non-hydrogen) atoms. The van der Waals surface area contributed by atoms with E-state index in [0.29, 0.717) is 0 Å². The van der Waals surface area contributed by atoms with Crippen molar-refractivity contribution in [2.75, 3.05) is 0 Å². The summed E-state index contributed by atoms with van der Waals surface area (Å²) >= 11 is 0. The zero-order chi connectivity index (χ0) is 10.1. The number of hydrogen-bond acceptors (Lipinski definition) is 0. The van der Waals surface area contributed by atoms with E-state index in [4.69, 9.17) is 0 Å². The molecule has 1 aromatic carbocycles. The molecule has 1 aromatic rings. The van der Waals surface area contributed by atoms with Crippen LogP contribution in [-0.2, 0) is 6.42 Å². The molecular weight excluding hydrogens is 187 g/mol. The fourth-order valence-corrected chi connectivity index (χ4v) is 1.75. The third-order valence-corrected chi connectivity index (χ3v) is 2.66. The number of hydrogen-bond donors (Lipinski definition) is 0. The fourth-order valence-electron chi connectivity index (χ4n) is 1.75. The van der Waals surface area contributed by atoms with Crippen molar-refractivity contribution >= 4 is 0 Å². The fraction of sp³-hybridized carbons (Fsp3) is 0.533. The van der Waals surface area contributed by atoms with Crippen LogP contribution in [0.3, 0.4) is 0 Å². The summed E-state index contributed by atoms with van der Waals surface area (Å²) in [6, 6.07) is 10.8. The predicted molar refractivity (Wildman–Crippen MR) is 69.9 cm³/mol. The van der Waals surface area contributed by atoms with Gasteiger partial charge in [0.2, 0.25) is 0 Å². The van der Waals surface area contributed by atoms with Gasteiger partial charge in [0.1, 0.15) is 0 Å². The van der Waals surface area contributed by atoms with Gasteiger partial charge in [0.05, 0.1) is 0 Å². The standard InChI is InChI=1S/C14H22.CH3.Li/c1-2-3-4-5-6-8-11-14-12-9-7-10-13-14;;/h7,9-10,12-13H,2-6,8,11H2,1H3;1H3;/q;-1;+1. The summed E-state index contributed by atoms with van der Waals surface area (Å²) in [5.74, 6) is 0. The average molecular weight is 212 g/mol. The first-order valence-electron chi connectivity index (χ1n) is 5.97. The summed E-state index contributed by atoms with van der Waals surface area (Å²) in [6.45, 7) is 2.27. The zero-order valence-electron chi connectivity index (χ0n) is 11.3. The smallest absolute Gasteiger partial charge is 0.358 e. The van der Waals surface area contributed by atoms with Gasteiger partial charge in [-0.15, -0.1) is 0 Å². The predicted octanol–water partition coefficient (Wildman–Crippen LogP) is 2.04. The summed E-state index contributed by atoms with van der Waals surface area (Å²) in [5.41, 5.74) is 1.49. The Morgan fingerprint density at radius 2 is 1.38 bits per heavy atom. The Morgan fingerprint density at radius 3 is 2.00 bits per heavy atom. The van der Waals surface area contributed by atoms with Crippen molar-refractivity contribution in [3.8, 4) is 0 Å². The summed E-state index contributed by atoms with van der Waals surface area (Å²) in [7, 11) is 0. The van der Waals surface area contributed by atoms with E-state index in [1.54, 1.807) is 0 Å². The summed E-state index contributed by atoms with van der Waals surface area (Å²) < 4.78 is 0. The molecule has 0 unspecified atom stereocenters. The minimum Gasteiger partial charge on any atom is -0.358 e. The molecule has 0 radical (unpaired) electrons. The van der Waals surface area contributed by atoms with Crippen LogP contribution in [0, 0.1) is 7.43 Å². The van der Waals surface area contributed by atoms with Gasteiger partial charge in [-0.25, -0.2) is 0 Å². The second-order valence-electron chi connectivity index (χ2n) is 4.00. The Balaban J connectivity index is 0. The van der Waals surface area contributed by atoms with Gasteiger partial charge < -0.3 is 7.43 Å². The molecule has 0 aliphatic rings. The Labute approximate surface area is 114 Å². The Bertz CT molecular complexity index is 218. The van der Waals surface area contributed by atoms with E-state index in [0.717, 1.165) is 0 Å². The van der Waals surface area contributed by atoms with Crippen LogP contribution in [0.15, 0.2) is 30.3 Å². The minimum absolute atomic E-state index is 0. The van der Waals surface area contributed by atoms with Crippen LogP contribution in [0.5, 0.6) is 0 Å². The van der Waals surface area contributed by atoms with Crippen LogP contribution < -0.4 is 18.9 Å². The second kappa shape index (κ2) is 12.9. The molecule has 0 heterocycles. The van der Waals surface area contributed by atoms with Gasteiger partial charge in [0.15, 0.2) is 0 Å². The van der Waals surface area contributed by atoms with Crippen LogP contribution in [0.4, 0.5) is 0 Å². The summed E-state index contributed by atoms with van der Waals surface area (Å²) in [6.07, 6.45) is 9.60. The molecule has 0 N–H and O–H groups in total. The molecule has 86 valence electrons. The van der Waals surface area contributed by atoms with Crippen LogP contribution in [0.1, 0.15) is 51.0 Å². The molecule has 0 bridgehead atoms. The van der Waals surface area contributed by atoms with Crippen molar-refractivity contribution in [1.82, 2.24) is 0 Å². The largest absolute Gasteiger partial charge is 1.00 e. The normalized spacial score (nSPS) is 9.06. The third-order valence-electron chi connectivity index (χ3n) is 2.66. The number of aryl methyl sites for hydroxylation is 1. The maximum absolute atomic E-state index is 2.27. The van der Waals surface area contributed by atoms with E-state index in [1.165, 1.54) is 50.5 Å². The third kappa shape index (κ3) is 9.07. The first kappa shape index (κ1) is 18.2. The number of benzene rings is 1. The number of rotatable bonds is 7. The molecule has 1 heteroatoms. The quantitative estimate of drug-likeness (QED) is 0.368. The van der Waals surface area contributed by atoms with E-state index >= 15 is 0 Å². The van der Waals surface area contributed by atoms with Gasteiger partial charge in [-0.1, -0.05) is 69.4 Å². The topological polar surface area (TPSA) is 0 Å². The van der Waals surface area contributed by atoms with E-state index in [-0.39, 0.29) is 26.3 Å². The zero-order valence-corrected chi connectivity index (χ0v) is 11.3. The van der Waals surface area contributed by atoms with Gasteiger partial charge in [-0.2, -0.15) is 0 Å². The number of unbranched alkanes of at least 4 members (excludes halogenated alkanes) is 5. The van der Waals surface area contributed by atoms with Crippen molar-refractivity contribution in [2.24, 2.45) is 0 Å². The van der Waals surface area contributed by atoms with Gasteiger partial charge in [0, 0.05) is 0 Å². The molecule has 0 spiro atoms.